The smallest absolute Gasteiger partial charge is 0.254 e. The standard InChI is InChI=1S/C14H21N3O2/c1-9(2)16-13(18)8-17(4)14(19)11-6-5-7-12(15)10(11)3/h5-7,9H,8,15H2,1-4H3,(H,16,18). The first-order valence-corrected chi connectivity index (χ1v) is 6.22. The molecule has 0 fully saturated rings. The SMILES string of the molecule is Cc1c(N)cccc1C(=O)N(C)CC(=O)NC(C)C. The highest BCUT2D eigenvalue weighted by atomic mass is 16.2. The van der Waals surface area contributed by atoms with Crippen LogP contribution in [0.2, 0.25) is 0 Å². The largest absolute Gasteiger partial charge is 0.398 e. The molecule has 0 aliphatic rings. The third-order valence-corrected chi connectivity index (χ3v) is 2.78. The highest BCUT2D eigenvalue weighted by molar-refractivity contribution is 5.98. The molecule has 1 aromatic rings. The number of amides is 2. The molecule has 0 saturated carbocycles. The third kappa shape index (κ3) is 3.98. The normalized spacial score (nSPS) is 10.4. The van der Waals surface area contributed by atoms with E-state index >= 15 is 0 Å². The van der Waals surface area contributed by atoms with E-state index in [1.807, 2.05) is 13.8 Å². The molecule has 0 atom stereocenters. The number of carbonyl (C=O) groups excluding carboxylic acids is 2. The molecule has 2 amide bonds. The maximum atomic E-state index is 12.2. The molecule has 0 unspecified atom stereocenters. The van der Waals surface area contributed by atoms with Crippen LogP contribution in [0.15, 0.2) is 18.2 Å². The maximum absolute atomic E-state index is 12.2. The number of nitrogens with zero attached hydrogens (tertiary/aromatic N) is 1. The molecule has 0 aliphatic carbocycles. The number of likely N-dealkylation sites (N-methyl/N-ethyl adjacent to an activating group) is 1. The Kier molecular flexibility index (Phi) is 4.92. The highest BCUT2D eigenvalue weighted by Gasteiger charge is 2.17. The fraction of sp³-hybridized carbons (Fsp3) is 0.429. The fourth-order valence-corrected chi connectivity index (χ4v) is 1.75. The number of nitrogen functional groups attached to an aromatic ring is 1. The summed E-state index contributed by atoms with van der Waals surface area (Å²) in [6.45, 7) is 5.58. The second kappa shape index (κ2) is 6.22. The van der Waals surface area contributed by atoms with E-state index in [4.69, 9.17) is 5.73 Å². The zero-order valence-electron chi connectivity index (χ0n) is 11.9. The van der Waals surface area contributed by atoms with E-state index in [0.29, 0.717) is 11.3 Å². The summed E-state index contributed by atoms with van der Waals surface area (Å²) in [7, 11) is 1.60. The van der Waals surface area contributed by atoms with Gasteiger partial charge in [-0.05, 0) is 38.5 Å². The van der Waals surface area contributed by atoms with Crippen molar-refractivity contribution in [2.24, 2.45) is 0 Å². The Morgan fingerprint density at radius 1 is 1.37 bits per heavy atom. The molecule has 5 heteroatoms. The molecule has 5 nitrogen and oxygen atoms in total. The number of benzene rings is 1. The molecule has 0 aliphatic heterocycles. The second-order valence-corrected chi connectivity index (χ2v) is 4.90. The van der Waals surface area contributed by atoms with Crippen LogP contribution in [0.25, 0.3) is 0 Å². The Hall–Kier alpha value is -2.04. The van der Waals surface area contributed by atoms with Gasteiger partial charge in [-0.2, -0.15) is 0 Å². The number of nitrogens with two attached hydrogens (primary N) is 1. The molecule has 3 N–H and O–H groups in total. The van der Waals surface area contributed by atoms with Crippen molar-refractivity contribution in [1.29, 1.82) is 0 Å². The van der Waals surface area contributed by atoms with Crippen molar-refractivity contribution in [2.45, 2.75) is 26.8 Å². The van der Waals surface area contributed by atoms with E-state index in [1.54, 1.807) is 32.2 Å². The van der Waals surface area contributed by atoms with Gasteiger partial charge in [0.1, 0.15) is 0 Å². The Labute approximate surface area is 113 Å². The summed E-state index contributed by atoms with van der Waals surface area (Å²) < 4.78 is 0. The van der Waals surface area contributed by atoms with Crippen LogP contribution in [0.3, 0.4) is 0 Å². The van der Waals surface area contributed by atoms with Crippen LogP contribution in [-0.4, -0.2) is 36.3 Å². The van der Waals surface area contributed by atoms with Crippen molar-refractivity contribution >= 4 is 17.5 Å². The fourth-order valence-electron chi connectivity index (χ4n) is 1.75. The topological polar surface area (TPSA) is 75.4 Å². The molecule has 104 valence electrons. The van der Waals surface area contributed by atoms with Crippen LogP contribution in [-0.2, 0) is 4.79 Å². The van der Waals surface area contributed by atoms with Gasteiger partial charge in [0.15, 0.2) is 0 Å². The average molecular weight is 263 g/mol. The minimum Gasteiger partial charge on any atom is -0.398 e. The van der Waals surface area contributed by atoms with Crippen LogP contribution in [0.4, 0.5) is 5.69 Å². The van der Waals surface area contributed by atoms with Crippen LogP contribution in [0.5, 0.6) is 0 Å². The van der Waals surface area contributed by atoms with Crippen molar-refractivity contribution in [3.05, 3.63) is 29.3 Å². The average Bonchev–Trinajstić information content (AvgIpc) is 2.30. The predicted molar refractivity (Wildman–Crippen MR) is 75.8 cm³/mol. The summed E-state index contributed by atoms with van der Waals surface area (Å²) in [4.78, 5) is 25.2. The van der Waals surface area contributed by atoms with E-state index in [9.17, 15) is 9.59 Å². The van der Waals surface area contributed by atoms with Crippen molar-refractivity contribution in [2.75, 3.05) is 19.3 Å². The molecule has 19 heavy (non-hydrogen) atoms. The lowest BCUT2D eigenvalue weighted by atomic mass is 10.1. The van der Waals surface area contributed by atoms with Gasteiger partial charge in [-0.25, -0.2) is 0 Å². The van der Waals surface area contributed by atoms with Crippen LogP contribution in [0, 0.1) is 6.92 Å². The molecule has 1 aromatic carbocycles. The summed E-state index contributed by atoms with van der Waals surface area (Å²) in [5, 5.41) is 2.75. The van der Waals surface area contributed by atoms with Gasteiger partial charge in [-0.3, -0.25) is 9.59 Å². The van der Waals surface area contributed by atoms with E-state index in [1.165, 1.54) is 4.90 Å². The molecular weight excluding hydrogens is 242 g/mol. The molecule has 0 heterocycles. The first-order valence-electron chi connectivity index (χ1n) is 6.22. The Bertz CT molecular complexity index is 484. The molecule has 0 saturated heterocycles. The lowest BCUT2D eigenvalue weighted by Crippen LogP contribution is -2.41. The van der Waals surface area contributed by atoms with E-state index in [0.717, 1.165) is 5.56 Å². The number of anilines is 1. The summed E-state index contributed by atoms with van der Waals surface area (Å²) in [6, 6.07) is 5.25. The minimum absolute atomic E-state index is 0.0330. The zero-order valence-corrected chi connectivity index (χ0v) is 11.9. The third-order valence-electron chi connectivity index (χ3n) is 2.78. The monoisotopic (exact) mass is 263 g/mol. The summed E-state index contributed by atoms with van der Waals surface area (Å²) in [5.41, 5.74) is 7.62. The lowest BCUT2D eigenvalue weighted by molar-refractivity contribution is -0.122. The zero-order chi connectivity index (χ0) is 14.6. The molecule has 0 spiro atoms. The Morgan fingerprint density at radius 3 is 2.58 bits per heavy atom. The Balaban J connectivity index is 2.77. The van der Waals surface area contributed by atoms with Crippen molar-refractivity contribution < 1.29 is 9.59 Å². The van der Waals surface area contributed by atoms with E-state index in [2.05, 4.69) is 5.32 Å². The van der Waals surface area contributed by atoms with Gasteiger partial charge in [0.2, 0.25) is 5.91 Å². The first-order chi connectivity index (χ1) is 8.82. The quantitative estimate of drug-likeness (QED) is 0.801. The van der Waals surface area contributed by atoms with Crippen molar-refractivity contribution in [3.63, 3.8) is 0 Å². The Morgan fingerprint density at radius 2 is 2.00 bits per heavy atom. The molecule has 0 radical (unpaired) electrons. The summed E-state index contributed by atoms with van der Waals surface area (Å²) in [6.07, 6.45) is 0. The number of hydrogen-bond acceptors (Lipinski definition) is 3. The summed E-state index contributed by atoms with van der Waals surface area (Å²) in [5.74, 6) is -0.379. The minimum atomic E-state index is -0.205. The van der Waals surface area contributed by atoms with Gasteiger partial charge in [-0.1, -0.05) is 6.07 Å². The van der Waals surface area contributed by atoms with Gasteiger partial charge in [0.05, 0.1) is 6.54 Å². The predicted octanol–water partition coefficient (Wildman–Crippen LogP) is 1.17. The molecule has 0 aromatic heterocycles. The highest BCUT2D eigenvalue weighted by Crippen LogP contribution is 2.16. The van der Waals surface area contributed by atoms with Gasteiger partial charge >= 0.3 is 0 Å². The molecular formula is C14H21N3O2. The second-order valence-electron chi connectivity index (χ2n) is 4.90. The van der Waals surface area contributed by atoms with Gasteiger partial charge in [-0.15, -0.1) is 0 Å². The number of rotatable bonds is 4. The number of carbonyl (C=O) groups is 2. The molecule has 0 bridgehead atoms. The summed E-state index contributed by atoms with van der Waals surface area (Å²) >= 11 is 0. The van der Waals surface area contributed by atoms with Crippen LogP contribution in [0.1, 0.15) is 29.8 Å². The van der Waals surface area contributed by atoms with Crippen LogP contribution < -0.4 is 11.1 Å². The van der Waals surface area contributed by atoms with E-state index in [-0.39, 0.29) is 24.4 Å². The van der Waals surface area contributed by atoms with Crippen molar-refractivity contribution in [3.8, 4) is 0 Å². The lowest BCUT2D eigenvalue weighted by Gasteiger charge is -2.19. The first kappa shape index (κ1) is 15.0. The maximum Gasteiger partial charge on any atom is 0.254 e. The van der Waals surface area contributed by atoms with Gasteiger partial charge < -0.3 is 16.0 Å². The number of nitrogens with one attached hydrogen (secondary N) is 1. The van der Waals surface area contributed by atoms with Gasteiger partial charge in [0.25, 0.3) is 5.91 Å². The molecule has 1 rings (SSSR count). The van der Waals surface area contributed by atoms with Crippen LogP contribution >= 0.6 is 0 Å². The number of hydrogen-bond donors (Lipinski definition) is 2. The van der Waals surface area contributed by atoms with Gasteiger partial charge in [0, 0.05) is 24.3 Å². The van der Waals surface area contributed by atoms with E-state index < -0.39 is 0 Å². The van der Waals surface area contributed by atoms with Crippen molar-refractivity contribution in [1.82, 2.24) is 10.2 Å².